The molecule has 0 aliphatic rings. The predicted octanol–water partition coefficient (Wildman–Crippen LogP) is 2.92. The van der Waals surface area contributed by atoms with Crippen LogP contribution >= 0.6 is 22.6 Å². The third kappa shape index (κ3) is 4.73. The van der Waals surface area contributed by atoms with E-state index in [1.807, 2.05) is 12.1 Å². The van der Waals surface area contributed by atoms with Gasteiger partial charge in [-0.25, -0.2) is 13.6 Å². The van der Waals surface area contributed by atoms with E-state index in [1.165, 1.54) is 6.07 Å². The summed E-state index contributed by atoms with van der Waals surface area (Å²) in [4.78, 5) is 23.4. The molecule has 2 aromatic carbocycles. The van der Waals surface area contributed by atoms with Crippen molar-refractivity contribution in [3.63, 3.8) is 0 Å². The summed E-state index contributed by atoms with van der Waals surface area (Å²) in [6.45, 7) is 0. The number of rotatable bonds is 6. The molecule has 126 valence electrons. The first kappa shape index (κ1) is 18.3. The van der Waals surface area contributed by atoms with E-state index in [0.717, 1.165) is 21.3 Å². The van der Waals surface area contributed by atoms with Crippen molar-refractivity contribution in [1.82, 2.24) is 5.32 Å². The van der Waals surface area contributed by atoms with Gasteiger partial charge in [0.2, 0.25) is 5.91 Å². The average Bonchev–Trinajstić information content (AvgIpc) is 2.52. The molecule has 0 aliphatic heterocycles. The first-order valence-electron chi connectivity index (χ1n) is 7.07. The molecule has 0 aromatic heterocycles. The van der Waals surface area contributed by atoms with Crippen molar-refractivity contribution in [1.29, 1.82) is 0 Å². The van der Waals surface area contributed by atoms with Crippen LogP contribution in [0.2, 0.25) is 0 Å². The molecule has 0 radical (unpaired) electrons. The molecule has 0 fully saturated rings. The molecule has 0 heterocycles. The highest BCUT2D eigenvalue weighted by molar-refractivity contribution is 14.1. The normalized spacial score (nSPS) is 11.8. The van der Waals surface area contributed by atoms with Crippen molar-refractivity contribution in [3.8, 4) is 0 Å². The molecule has 2 rings (SSSR count). The number of hydrogen-bond acceptors (Lipinski definition) is 2. The number of amides is 1. The van der Waals surface area contributed by atoms with Gasteiger partial charge in [-0.3, -0.25) is 4.79 Å². The Hall–Kier alpha value is -2.03. The van der Waals surface area contributed by atoms with E-state index >= 15 is 0 Å². The summed E-state index contributed by atoms with van der Waals surface area (Å²) < 4.78 is 28.0. The van der Waals surface area contributed by atoms with Gasteiger partial charge in [0.25, 0.3) is 0 Å². The van der Waals surface area contributed by atoms with Crippen molar-refractivity contribution in [2.24, 2.45) is 0 Å². The van der Waals surface area contributed by atoms with Gasteiger partial charge in [-0.2, -0.15) is 0 Å². The van der Waals surface area contributed by atoms with Gasteiger partial charge in [0.05, 0.1) is 6.42 Å². The van der Waals surface area contributed by atoms with Crippen LogP contribution in [-0.2, 0) is 22.4 Å². The van der Waals surface area contributed by atoms with Crippen LogP contribution in [0.15, 0.2) is 42.5 Å². The van der Waals surface area contributed by atoms with Crippen LogP contribution < -0.4 is 5.32 Å². The van der Waals surface area contributed by atoms with E-state index in [-0.39, 0.29) is 12.0 Å². The summed E-state index contributed by atoms with van der Waals surface area (Å²) in [7, 11) is 0. The summed E-state index contributed by atoms with van der Waals surface area (Å²) in [5, 5.41) is 11.6. The summed E-state index contributed by atoms with van der Waals surface area (Å²) in [5.41, 5.74) is 0.385. The van der Waals surface area contributed by atoms with Gasteiger partial charge < -0.3 is 10.4 Å². The van der Waals surface area contributed by atoms with Gasteiger partial charge >= 0.3 is 5.97 Å². The molecule has 24 heavy (non-hydrogen) atoms. The van der Waals surface area contributed by atoms with Gasteiger partial charge in [-0.1, -0.05) is 24.3 Å². The maximum absolute atomic E-state index is 13.6. The van der Waals surface area contributed by atoms with E-state index in [2.05, 4.69) is 27.9 Å². The SMILES string of the molecule is O=C(Cc1c(F)cccc1F)N[C@@H](Cc1ccccc1I)C(=O)O. The van der Waals surface area contributed by atoms with Crippen LogP contribution in [0.4, 0.5) is 8.78 Å². The second-order valence-corrected chi connectivity index (χ2v) is 6.29. The number of benzene rings is 2. The van der Waals surface area contributed by atoms with Gasteiger partial charge in [0, 0.05) is 15.6 Å². The third-order valence-corrected chi connectivity index (χ3v) is 4.47. The van der Waals surface area contributed by atoms with Crippen molar-refractivity contribution < 1.29 is 23.5 Å². The fourth-order valence-corrected chi connectivity index (χ4v) is 2.80. The lowest BCUT2D eigenvalue weighted by Crippen LogP contribution is -2.43. The molecule has 1 atom stereocenters. The van der Waals surface area contributed by atoms with Crippen LogP contribution in [0.3, 0.4) is 0 Å². The van der Waals surface area contributed by atoms with Gasteiger partial charge in [-0.05, 0) is 46.4 Å². The Morgan fingerprint density at radius 3 is 2.29 bits per heavy atom. The fourth-order valence-electron chi connectivity index (χ4n) is 2.19. The van der Waals surface area contributed by atoms with E-state index in [9.17, 15) is 23.5 Å². The molecule has 0 saturated carbocycles. The van der Waals surface area contributed by atoms with Crippen molar-refractivity contribution >= 4 is 34.5 Å². The van der Waals surface area contributed by atoms with Gasteiger partial charge in [-0.15, -0.1) is 0 Å². The Kier molecular flexibility index (Phi) is 6.24. The Bertz CT molecular complexity index is 747. The van der Waals surface area contributed by atoms with Crippen molar-refractivity contribution in [2.75, 3.05) is 0 Å². The molecule has 0 saturated heterocycles. The Labute approximate surface area is 151 Å². The highest BCUT2D eigenvalue weighted by atomic mass is 127. The molecular formula is C17H14F2INO3. The summed E-state index contributed by atoms with van der Waals surface area (Å²) in [6, 6.07) is 9.30. The van der Waals surface area contributed by atoms with E-state index in [4.69, 9.17) is 0 Å². The monoisotopic (exact) mass is 445 g/mol. The van der Waals surface area contributed by atoms with Crippen molar-refractivity contribution in [2.45, 2.75) is 18.9 Å². The molecule has 2 aromatic rings. The minimum Gasteiger partial charge on any atom is -0.480 e. The lowest BCUT2D eigenvalue weighted by Gasteiger charge is -2.16. The molecule has 0 bridgehead atoms. The van der Waals surface area contributed by atoms with Gasteiger partial charge in [0.1, 0.15) is 17.7 Å². The van der Waals surface area contributed by atoms with Crippen LogP contribution in [0, 0.1) is 15.2 Å². The first-order valence-corrected chi connectivity index (χ1v) is 8.15. The number of nitrogens with one attached hydrogen (secondary N) is 1. The Morgan fingerprint density at radius 2 is 1.71 bits per heavy atom. The second-order valence-electron chi connectivity index (χ2n) is 5.13. The Morgan fingerprint density at radius 1 is 1.08 bits per heavy atom. The fraction of sp³-hybridized carbons (Fsp3) is 0.176. The maximum atomic E-state index is 13.6. The first-order chi connectivity index (χ1) is 11.4. The Balaban J connectivity index is 2.09. The lowest BCUT2D eigenvalue weighted by molar-refractivity contribution is -0.141. The number of aliphatic carboxylic acids is 1. The molecule has 4 nitrogen and oxygen atoms in total. The highest BCUT2D eigenvalue weighted by Gasteiger charge is 2.22. The zero-order valence-electron chi connectivity index (χ0n) is 12.4. The zero-order chi connectivity index (χ0) is 17.7. The topological polar surface area (TPSA) is 66.4 Å². The van der Waals surface area contributed by atoms with E-state index in [1.54, 1.807) is 12.1 Å². The largest absolute Gasteiger partial charge is 0.480 e. The smallest absolute Gasteiger partial charge is 0.326 e. The maximum Gasteiger partial charge on any atom is 0.326 e. The second kappa shape index (κ2) is 8.18. The molecule has 7 heteroatoms. The van der Waals surface area contributed by atoms with E-state index in [0.29, 0.717) is 0 Å². The molecule has 2 N–H and O–H groups in total. The molecule has 0 aliphatic carbocycles. The lowest BCUT2D eigenvalue weighted by atomic mass is 10.1. The predicted molar refractivity (Wildman–Crippen MR) is 92.5 cm³/mol. The zero-order valence-corrected chi connectivity index (χ0v) is 14.6. The number of carboxylic acids is 1. The van der Waals surface area contributed by atoms with Crippen LogP contribution in [-0.4, -0.2) is 23.0 Å². The number of carboxylic acid groups (broad SMARTS) is 1. The molecule has 0 unspecified atom stereocenters. The molecule has 0 spiro atoms. The molecule has 1 amide bonds. The quantitative estimate of drug-likeness (QED) is 0.673. The summed E-state index contributed by atoms with van der Waals surface area (Å²) in [6.07, 6.45) is -0.478. The minimum atomic E-state index is -1.21. The average molecular weight is 445 g/mol. The highest BCUT2D eigenvalue weighted by Crippen LogP contribution is 2.15. The van der Waals surface area contributed by atoms with Crippen molar-refractivity contribution in [3.05, 3.63) is 68.8 Å². The number of halogens is 3. The van der Waals surface area contributed by atoms with Crippen LogP contribution in [0.1, 0.15) is 11.1 Å². The summed E-state index contributed by atoms with van der Waals surface area (Å²) >= 11 is 2.07. The number of carbonyl (C=O) groups excluding carboxylic acids is 1. The van der Waals surface area contributed by atoms with Gasteiger partial charge in [0.15, 0.2) is 0 Å². The van der Waals surface area contributed by atoms with Crippen LogP contribution in [0.5, 0.6) is 0 Å². The number of hydrogen-bond donors (Lipinski definition) is 2. The third-order valence-electron chi connectivity index (χ3n) is 3.41. The standard InChI is InChI=1S/C17H14F2INO3/c18-12-5-3-6-13(19)11(12)9-16(22)21-15(17(23)24)8-10-4-1-2-7-14(10)20/h1-7,15H,8-9H2,(H,21,22)(H,23,24)/t15-/m0/s1. The summed E-state index contributed by atoms with van der Waals surface area (Å²) in [5.74, 6) is -3.64. The van der Waals surface area contributed by atoms with Crippen LogP contribution in [0.25, 0.3) is 0 Å². The molecular weight excluding hydrogens is 431 g/mol. The minimum absolute atomic E-state index is 0.0833. The van der Waals surface area contributed by atoms with E-state index < -0.39 is 36.0 Å². The number of carbonyl (C=O) groups is 2.